The van der Waals surface area contributed by atoms with E-state index < -0.39 is 0 Å². The Morgan fingerprint density at radius 1 is 1.15 bits per heavy atom. The highest BCUT2D eigenvalue weighted by Gasteiger charge is 2.65. The van der Waals surface area contributed by atoms with Crippen molar-refractivity contribution in [2.24, 2.45) is 16.7 Å². The van der Waals surface area contributed by atoms with Gasteiger partial charge in [0.2, 0.25) is 5.91 Å². The molecule has 1 aromatic carbocycles. The van der Waals surface area contributed by atoms with Crippen LogP contribution in [0, 0.1) is 16.7 Å². The molecule has 1 N–H and O–H groups in total. The number of nitrogens with one attached hydrogen (secondary N) is 1. The Morgan fingerprint density at radius 2 is 1.75 bits per heavy atom. The van der Waals surface area contributed by atoms with Gasteiger partial charge in [0.05, 0.1) is 6.67 Å². The molecule has 0 aromatic heterocycles. The molecular weight excluding hydrogens is 248 g/mol. The van der Waals surface area contributed by atoms with E-state index >= 15 is 0 Å². The molecule has 108 valence electrons. The molecule has 1 aromatic rings. The molecular formula is C17H24N2O. The van der Waals surface area contributed by atoms with Gasteiger partial charge in [0.25, 0.3) is 0 Å². The van der Waals surface area contributed by atoms with Crippen LogP contribution >= 0.6 is 0 Å². The molecule has 1 amide bonds. The van der Waals surface area contributed by atoms with Crippen LogP contribution in [0.4, 0.5) is 0 Å². The number of amides is 1. The summed E-state index contributed by atoms with van der Waals surface area (Å²) in [4.78, 5) is 14.5. The molecule has 1 heterocycles. The molecule has 1 saturated carbocycles. The number of hydrogen-bond donors (Lipinski definition) is 1. The van der Waals surface area contributed by atoms with Crippen LogP contribution in [0.2, 0.25) is 0 Å². The molecule has 1 aliphatic carbocycles. The van der Waals surface area contributed by atoms with Crippen molar-refractivity contribution in [3.05, 3.63) is 35.9 Å². The first-order valence-electron chi connectivity index (χ1n) is 7.43. The topological polar surface area (TPSA) is 32.3 Å². The minimum atomic E-state index is -0.166. The fourth-order valence-corrected chi connectivity index (χ4v) is 3.62. The maximum absolute atomic E-state index is 12.6. The van der Waals surface area contributed by atoms with Gasteiger partial charge in [0.15, 0.2) is 0 Å². The average Bonchev–Trinajstić information content (AvgIpc) is 2.71. The van der Waals surface area contributed by atoms with Crippen molar-refractivity contribution in [3.8, 4) is 0 Å². The second-order valence-corrected chi connectivity index (χ2v) is 7.26. The average molecular weight is 272 g/mol. The zero-order valence-corrected chi connectivity index (χ0v) is 12.8. The lowest BCUT2D eigenvalue weighted by Gasteiger charge is -2.16. The highest BCUT2D eigenvalue weighted by Crippen LogP contribution is 2.68. The van der Waals surface area contributed by atoms with Gasteiger partial charge in [-0.05, 0) is 22.3 Å². The van der Waals surface area contributed by atoms with Gasteiger partial charge in [0, 0.05) is 6.54 Å². The third-order valence-corrected chi connectivity index (χ3v) is 5.90. The third kappa shape index (κ3) is 1.87. The SMILES string of the molecule is CC1(C)C(CN2CNC(c3ccccc3)C2=O)C1(C)C. The Bertz CT molecular complexity index is 507. The van der Waals surface area contributed by atoms with Crippen LogP contribution in [0.25, 0.3) is 0 Å². The van der Waals surface area contributed by atoms with Gasteiger partial charge in [-0.2, -0.15) is 0 Å². The number of rotatable bonds is 3. The minimum absolute atomic E-state index is 0.166. The Hall–Kier alpha value is -1.35. The molecule has 1 unspecified atom stereocenters. The first-order chi connectivity index (χ1) is 9.35. The normalized spacial score (nSPS) is 27.9. The van der Waals surface area contributed by atoms with Crippen LogP contribution in [0.3, 0.4) is 0 Å². The Kier molecular flexibility index (Phi) is 2.94. The van der Waals surface area contributed by atoms with E-state index in [9.17, 15) is 4.79 Å². The fraction of sp³-hybridized carbons (Fsp3) is 0.588. The Labute approximate surface area is 121 Å². The molecule has 3 nitrogen and oxygen atoms in total. The predicted octanol–water partition coefficient (Wildman–Crippen LogP) is 2.80. The highest BCUT2D eigenvalue weighted by molar-refractivity contribution is 5.85. The summed E-state index contributed by atoms with van der Waals surface area (Å²) in [6.07, 6.45) is 0. The van der Waals surface area contributed by atoms with Gasteiger partial charge < -0.3 is 4.90 Å². The van der Waals surface area contributed by atoms with E-state index in [2.05, 4.69) is 33.0 Å². The van der Waals surface area contributed by atoms with Crippen molar-refractivity contribution in [3.63, 3.8) is 0 Å². The number of carbonyl (C=O) groups excluding carboxylic acids is 1. The second kappa shape index (κ2) is 4.32. The van der Waals surface area contributed by atoms with E-state index in [0.717, 1.165) is 12.1 Å². The Balaban J connectivity index is 1.69. The predicted molar refractivity (Wildman–Crippen MR) is 80.0 cm³/mol. The van der Waals surface area contributed by atoms with Gasteiger partial charge in [-0.3, -0.25) is 10.1 Å². The molecule has 1 saturated heterocycles. The molecule has 0 radical (unpaired) electrons. The lowest BCUT2D eigenvalue weighted by Crippen LogP contribution is -2.30. The summed E-state index contributed by atoms with van der Waals surface area (Å²) in [7, 11) is 0. The molecule has 2 aliphatic rings. The summed E-state index contributed by atoms with van der Waals surface area (Å²) in [5.41, 5.74) is 1.73. The van der Waals surface area contributed by atoms with Crippen LogP contribution in [0.1, 0.15) is 39.3 Å². The van der Waals surface area contributed by atoms with Crippen LogP contribution in [0.15, 0.2) is 30.3 Å². The molecule has 1 aliphatic heterocycles. The van der Waals surface area contributed by atoms with Gasteiger partial charge in [-0.25, -0.2) is 0 Å². The number of nitrogens with zero attached hydrogens (tertiary/aromatic N) is 1. The molecule has 0 spiro atoms. The van der Waals surface area contributed by atoms with Crippen LogP contribution < -0.4 is 5.32 Å². The van der Waals surface area contributed by atoms with Crippen molar-refractivity contribution < 1.29 is 4.79 Å². The maximum Gasteiger partial charge on any atom is 0.245 e. The summed E-state index contributed by atoms with van der Waals surface area (Å²) in [5.74, 6) is 0.810. The summed E-state index contributed by atoms with van der Waals surface area (Å²) < 4.78 is 0. The number of benzene rings is 1. The van der Waals surface area contributed by atoms with Gasteiger partial charge in [0.1, 0.15) is 6.04 Å². The first kappa shape index (κ1) is 13.6. The molecule has 0 bridgehead atoms. The van der Waals surface area contributed by atoms with Crippen molar-refractivity contribution >= 4 is 5.91 Å². The van der Waals surface area contributed by atoms with E-state index in [-0.39, 0.29) is 11.9 Å². The molecule has 20 heavy (non-hydrogen) atoms. The fourth-order valence-electron chi connectivity index (χ4n) is 3.62. The quantitative estimate of drug-likeness (QED) is 0.917. The van der Waals surface area contributed by atoms with E-state index in [0.29, 0.717) is 23.4 Å². The molecule has 2 fully saturated rings. The summed E-state index contributed by atoms with van der Waals surface area (Å²) in [5, 5.41) is 3.34. The van der Waals surface area contributed by atoms with Crippen molar-refractivity contribution in [1.29, 1.82) is 0 Å². The van der Waals surface area contributed by atoms with E-state index in [4.69, 9.17) is 0 Å². The van der Waals surface area contributed by atoms with Crippen LogP contribution in [-0.2, 0) is 4.79 Å². The van der Waals surface area contributed by atoms with E-state index in [1.807, 2.05) is 35.2 Å². The highest BCUT2D eigenvalue weighted by atomic mass is 16.2. The van der Waals surface area contributed by atoms with Crippen molar-refractivity contribution in [2.75, 3.05) is 13.2 Å². The zero-order valence-electron chi connectivity index (χ0n) is 12.8. The maximum atomic E-state index is 12.6. The second-order valence-electron chi connectivity index (χ2n) is 7.26. The summed E-state index contributed by atoms with van der Waals surface area (Å²) in [6, 6.07) is 9.82. The minimum Gasteiger partial charge on any atom is -0.328 e. The lowest BCUT2D eigenvalue weighted by molar-refractivity contribution is -0.129. The van der Waals surface area contributed by atoms with Crippen LogP contribution in [0.5, 0.6) is 0 Å². The number of carbonyl (C=O) groups is 1. The van der Waals surface area contributed by atoms with Gasteiger partial charge in [-0.15, -0.1) is 0 Å². The molecule has 3 heteroatoms. The summed E-state index contributed by atoms with van der Waals surface area (Å²) in [6.45, 7) is 10.8. The van der Waals surface area contributed by atoms with Gasteiger partial charge in [-0.1, -0.05) is 58.0 Å². The zero-order chi connectivity index (χ0) is 14.5. The monoisotopic (exact) mass is 272 g/mol. The largest absolute Gasteiger partial charge is 0.328 e. The smallest absolute Gasteiger partial charge is 0.245 e. The van der Waals surface area contributed by atoms with Crippen molar-refractivity contribution in [2.45, 2.75) is 33.7 Å². The lowest BCUT2D eigenvalue weighted by atomic mass is 10.0. The third-order valence-electron chi connectivity index (χ3n) is 5.90. The number of hydrogen-bond acceptors (Lipinski definition) is 2. The van der Waals surface area contributed by atoms with Gasteiger partial charge >= 0.3 is 0 Å². The van der Waals surface area contributed by atoms with Crippen LogP contribution in [-0.4, -0.2) is 24.0 Å². The standard InChI is InChI=1S/C17H24N2O/c1-16(2)13(17(16,3)4)10-19-11-18-14(15(19)20)12-8-6-5-7-9-12/h5-9,13-14,18H,10-11H2,1-4H3. The molecule has 1 atom stereocenters. The van der Waals surface area contributed by atoms with E-state index in [1.165, 1.54) is 0 Å². The van der Waals surface area contributed by atoms with E-state index in [1.54, 1.807) is 0 Å². The first-order valence-corrected chi connectivity index (χ1v) is 7.43. The Morgan fingerprint density at radius 3 is 2.30 bits per heavy atom. The molecule has 3 rings (SSSR count). The van der Waals surface area contributed by atoms with Crippen molar-refractivity contribution in [1.82, 2.24) is 10.2 Å². The summed E-state index contributed by atoms with van der Waals surface area (Å²) >= 11 is 0.